The maximum atomic E-state index is 13.7. The molecule has 0 atom stereocenters. The predicted octanol–water partition coefficient (Wildman–Crippen LogP) is 6.49. The van der Waals surface area contributed by atoms with E-state index in [4.69, 9.17) is 18.9 Å². The van der Waals surface area contributed by atoms with Gasteiger partial charge in [-0.1, -0.05) is 48.5 Å². The number of alkyl halides is 3. The first-order valence-corrected chi connectivity index (χ1v) is 16.7. The van der Waals surface area contributed by atoms with Gasteiger partial charge >= 0.3 is 24.1 Å². The highest BCUT2D eigenvalue weighted by Crippen LogP contribution is 2.34. The minimum atomic E-state index is -4.55. The molecule has 0 saturated carbocycles. The second-order valence-electron chi connectivity index (χ2n) is 12.1. The normalized spacial score (nSPS) is 11.3. The van der Waals surface area contributed by atoms with Crippen molar-refractivity contribution in [2.24, 2.45) is 0 Å². The summed E-state index contributed by atoms with van der Waals surface area (Å²) in [6, 6.07) is 21.0. The number of esters is 3. The number of rotatable bonds is 14. The largest absolute Gasteiger partial charge is 0.497 e. The third kappa shape index (κ3) is 9.24. The average Bonchev–Trinajstić information content (AvgIpc) is 3.15. The SMILES string of the molecule is CCOC(=O)C(COC(=O)Cc1ccc(NC(=O)c2ccc(OC)cc2-c2ccc(C(F)(F)F)cc2)c(C(=O)N(C)C)c1)(C(=O)OCC)c1ccccc1. The molecule has 4 rings (SSSR count). The quantitative estimate of drug-likeness (QED) is 0.0872. The number of halogens is 3. The van der Waals surface area contributed by atoms with E-state index in [-0.39, 0.29) is 41.2 Å². The summed E-state index contributed by atoms with van der Waals surface area (Å²) in [4.78, 5) is 68.2. The molecule has 4 aromatic carbocycles. The fraction of sp³-hybridized carbons (Fsp3) is 0.275. The number of methoxy groups -OCH3 is 1. The van der Waals surface area contributed by atoms with E-state index in [9.17, 15) is 37.1 Å². The smallest absolute Gasteiger partial charge is 0.416 e. The Hall–Kier alpha value is -6.18. The van der Waals surface area contributed by atoms with Crippen LogP contribution in [0.3, 0.4) is 0 Å². The minimum Gasteiger partial charge on any atom is -0.497 e. The van der Waals surface area contributed by atoms with Crippen LogP contribution in [0.15, 0.2) is 91.0 Å². The van der Waals surface area contributed by atoms with Crippen LogP contribution in [0.1, 0.15) is 51.3 Å². The van der Waals surface area contributed by atoms with Crippen LogP contribution in [0, 0.1) is 0 Å². The average molecular weight is 749 g/mol. The third-order valence-electron chi connectivity index (χ3n) is 8.28. The summed E-state index contributed by atoms with van der Waals surface area (Å²) in [5.74, 6) is -3.61. The Labute approximate surface area is 310 Å². The molecule has 1 N–H and O–H groups in total. The molecule has 14 heteroatoms. The number of carbonyl (C=O) groups is 5. The van der Waals surface area contributed by atoms with Gasteiger partial charge in [0, 0.05) is 19.7 Å². The van der Waals surface area contributed by atoms with Crippen LogP contribution in [0.25, 0.3) is 11.1 Å². The summed E-state index contributed by atoms with van der Waals surface area (Å²) in [5, 5.41) is 2.71. The lowest BCUT2D eigenvalue weighted by atomic mass is 9.81. The van der Waals surface area contributed by atoms with Crippen LogP contribution in [-0.4, -0.2) is 75.6 Å². The van der Waals surface area contributed by atoms with Crippen molar-refractivity contribution in [3.8, 4) is 16.9 Å². The second-order valence-corrected chi connectivity index (χ2v) is 12.1. The van der Waals surface area contributed by atoms with E-state index in [0.717, 1.165) is 12.1 Å². The topological polar surface area (TPSA) is 138 Å². The van der Waals surface area contributed by atoms with Gasteiger partial charge in [0.25, 0.3) is 11.8 Å². The number of ether oxygens (including phenoxy) is 4. The Kier molecular flexibility index (Phi) is 13.2. The van der Waals surface area contributed by atoms with Gasteiger partial charge in [0.2, 0.25) is 5.41 Å². The molecule has 284 valence electrons. The van der Waals surface area contributed by atoms with Crippen LogP contribution in [0.5, 0.6) is 5.75 Å². The highest BCUT2D eigenvalue weighted by atomic mass is 19.4. The summed E-state index contributed by atoms with van der Waals surface area (Å²) < 4.78 is 61.0. The standard InChI is InChI=1S/C40H39F3N2O9/c1-6-52-37(49)39(38(50)53-7-2,27-11-9-8-10-12-27)24-54-34(46)22-25-13-20-33(32(21-25)36(48)45(3)4)44-35(47)30-19-18-29(51-5)23-31(30)26-14-16-28(17-15-26)40(41,42)43/h8-21,23H,6-7,22,24H2,1-5H3,(H,44,47). The number of benzene rings is 4. The van der Waals surface area contributed by atoms with Crippen molar-refractivity contribution >= 4 is 35.4 Å². The van der Waals surface area contributed by atoms with E-state index in [1.165, 1.54) is 86.8 Å². The molecule has 0 aliphatic carbocycles. The number of anilines is 1. The van der Waals surface area contributed by atoms with Gasteiger partial charge in [-0.2, -0.15) is 13.2 Å². The van der Waals surface area contributed by atoms with Gasteiger partial charge in [-0.05, 0) is 78.6 Å². The molecule has 4 aromatic rings. The van der Waals surface area contributed by atoms with E-state index < -0.39 is 59.9 Å². The van der Waals surface area contributed by atoms with Crippen molar-refractivity contribution in [2.75, 3.05) is 46.3 Å². The van der Waals surface area contributed by atoms with Crippen molar-refractivity contribution in [1.82, 2.24) is 4.90 Å². The number of carbonyl (C=O) groups excluding carboxylic acids is 5. The molecule has 0 aliphatic heterocycles. The van der Waals surface area contributed by atoms with Gasteiger partial charge < -0.3 is 29.2 Å². The molecule has 0 unspecified atom stereocenters. The lowest BCUT2D eigenvalue weighted by molar-refractivity contribution is -0.170. The molecule has 0 radical (unpaired) electrons. The zero-order chi connectivity index (χ0) is 39.6. The molecule has 0 fully saturated rings. The predicted molar refractivity (Wildman–Crippen MR) is 192 cm³/mol. The van der Waals surface area contributed by atoms with Crippen LogP contribution in [-0.2, 0) is 46.6 Å². The van der Waals surface area contributed by atoms with Crippen molar-refractivity contribution in [1.29, 1.82) is 0 Å². The van der Waals surface area contributed by atoms with Gasteiger partial charge in [0.15, 0.2) is 0 Å². The van der Waals surface area contributed by atoms with E-state index >= 15 is 0 Å². The lowest BCUT2D eigenvalue weighted by Gasteiger charge is -2.29. The van der Waals surface area contributed by atoms with Crippen LogP contribution in [0.2, 0.25) is 0 Å². The van der Waals surface area contributed by atoms with Crippen molar-refractivity contribution in [3.05, 3.63) is 119 Å². The number of hydrogen-bond acceptors (Lipinski definition) is 9. The zero-order valence-electron chi connectivity index (χ0n) is 30.2. The van der Waals surface area contributed by atoms with Crippen molar-refractivity contribution in [2.45, 2.75) is 31.9 Å². The number of hydrogen-bond donors (Lipinski definition) is 1. The molecule has 11 nitrogen and oxygen atoms in total. The molecule has 0 saturated heterocycles. The van der Waals surface area contributed by atoms with Crippen molar-refractivity contribution in [3.63, 3.8) is 0 Å². The highest BCUT2D eigenvalue weighted by molar-refractivity contribution is 6.12. The molecule has 0 bridgehead atoms. The van der Waals surface area contributed by atoms with Crippen LogP contribution < -0.4 is 10.1 Å². The highest BCUT2D eigenvalue weighted by Gasteiger charge is 2.52. The summed E-state index contributed by atoms with van der Waals surface area (Å²) >= 11 is 0. The molecule has 0 aliphatic rings. The summed E-state index contributed by atoms with van der Waals surface area (Å²) in [5.41, 5.74) is -1.70. The van der Waals surface area contributed by atoms with Gasteiger partial charge in [-0.3, -0.25) is 24.0 Å². The van der Waals surface area contributed by atoms with Crippen LogP contribution in [0.4, 0.5) is 18.9 Å². The van der Waals surface area contributed by atoms with Crippen LogP contribution >= 0.6 is 0 Å². The number of nitrogens with zero attached hydrogens (tertiary/aromatic N) is 1. The summed E-state index contributed by atoms with van der Waals surface area (Å²) in [6.45, 7) is 2.30. The lowest BCUT2D eigenvalue weighted by Crippen LogP contribution is -2.50. The molecule has 0 heterocycles. The molecule has 0 aromatic heterocycles. The Balaban J connectivity index is 1.63. The zero-order valence-corrected chi connectivity index (χ0v) is 30.2. The fourth-order valence-corrected chi connectivity index (χ4v) is 5.50. The van der Waals surface area contributed by atoms with Crippen molar-refractivity contribution < 1.29 is 56.1 Å². The van der Waals surface area contributed by atoms with Gasteiger partial charge in [0.05, 0.1) is 43.6 Å². The molecule has 2 amide bonds. The van der Waals surface area contributed by atoms with E-state index in [1.54, 1.807) is 32.0 Å². The van der Waals surface area contributed by atoms with E-state index in [1.807, 2.05) is 0 Å². The molecular formula is C40H39F3N2O9. The van der Waals surface area contributed by atoms with Gasteiger partial charge in [-0.15, -0.1) is 0 Å². The van der Waals surface area contributed by atoms with Gasteiger partial charge in [0.1, 0.15) is 12.4 Å². The number of nitrogens with one attached hydrogen (secondary N) is 1. The van der Waals surface area contributed by atoms with E-state index in [0.29, 0.717) is 16.9 Å². The summed E-state index contributed by atoms with van der Waals surface area (Å²) in [6.07, 6.45) is -4.95. The monoisotopic (exact) mass is 748 g/mol. The Morgan fingerprint density at radius 2 is 1.35 bits per heavy atom. The first-order chi connectivity index (χ1) is 25.7. The Morgan fingerprint density at radius 1 is 0.722 bits per heavy atom. The first kappa shape index (κ1) is 40.6. The first-order valence-electron chi connectivity index (χ1n) is 16.7. The fourth-order valence-electron chi connectivity index (χ4n) is 5.50. The number of amides is 2. The Morgan fingerprint density at radius 3 is 1.91 bits per heavy atom. The third-order valence-corrected chi connectivity index (χ3v) is 8.28. The Bertz CT molecular complexity index is 1980. The van der Waals surface area contributed by atoms with Gasteiger partial charge in [-0.25, -0.2) is 0 Å². The molecule has 0 spiro atoms. The maximum absolute atomic E-state index is 13.7. The molecular weight excluding hydrogens is 709 g/mol. The summed E-state index contributed by atoms with van der Waals surface area (Å²) in [7, 11) is 4.40. The maximum Gasteiger partial charge on any atom is 0.416 e. The van der Waals surface area contributed by atoms with E-state index in [2.05, 4.69) is 5.32 Å². The minimum absolute atomic E-state index is 0.0138. The molecule has 54 heavy (non-hydrogen) atoms. The second kappa shape index (κ2) is 17.6.